The van der Waals surface area contributed by atoms with Crippen LogP contribution in [0.5, 0.6) is 11.5 Å². The molecule has 0 spiro atoms. The quantitative estimate of drug-likeness (QED) is 0.0459. The molecule has 6 N–H and O–H groups in total. The first kappa shape index (κ1) is 55.6. The topological polar surface area (TPSA) is 242 Å². The normalized spacial score (nSPS) is 15.6. The van der Waals surface area contributed by atoms with Gasteiger partial charge in [0.2, 0.25) is 17.7 Å². The molecule has 3 aromatic heterocycles. The zero-order valence-electron chi connectivity index (χ0n) is 42.9. The van der Waals surface area contributed by atoms with E-state index in [2.05, 4.69) is 20.6 Å². The molecular formula is C54H58F3N9O9S2. The van der Waals surface area contributed by atoms with Crippen molar-refractivity contribution in [2.24, 2.45) is 12.5 Å². The molecule has 0 radical (unpaired) electrons. The Bertz CT molecular complexity index is 3370. The minimum Gasteiger partial charge on any atom is -0.491 e. The zero-order valence-corrected chi connectivity index (χ0v) is 44.6. The third-order valence-corrected chi connectivity index (χ3v) is 14.8. The van der Waals surface area contributed by atoms with Gasteiger partial charge in [-0.1, -0.05) is 75.4 Å². The number of alkyl halides is 2. The molecule has 3 amide bonds. The number of thiazole rings is 1. The third-order valence-electron chi connectivity index (χ3n) is 12.9. The Labute approximate surface area is 446 Å². The van der Waals surface area contributed by atoms with E-state index in [4.69, 9.17) is 25.0 Å². The Morgan fingerprint density at radius 1 is 0.948 bits per heavy atom. The number of aliphatic hydroxyl groups is 1. The third kappa shape index (κ3) is 13.0. The number of β-amino-alcohol motifs (C(OH)–C–C–N with tert-alkyl or cyclic N) is 1. The van der Waals surface area contributed by atoms with E-state index in [-0.39, 0.29) is 56.6 Å². The maximum absolute atomic E-state index is 14.1. The van der Waals surface area contributed by atoms with Gasteiger partial charge in [-0.25, -0.2) is 22.8 Å². The number of sulfonamides is 1. The first-order valence-electron chi connectivity index (χ1n) is 24.4. The van der Waals surface area contributed by atoms with Crippen molar-refractivity contribution in [3.8, 4) is 44.3 Å². The minimum absolute atomic E-state index is 0.0226. The maximum Gasteiger partial charge on any atom is 0.355 e. The van der Waals surface area contributed by atoms with Crippen molar-refractivity contribution in [3.05, 3.63) is 125 Å². The monoisotopic (exact) mass is 1100 g/mol. The smallest absolute Gasteiger partial charge is 0.355 e. The first-order chi connectivity index (χ1) is 36.6. The van der Waals surface area contributed by atoms with Crippen LogP contribution in [0.15, 0.2) is 103 Å². The van der Waals surface area contributed by atoms with E-state index >= 15 is 0 Å². The summed E-state index contributed by atoms with van der Waals surface area (Å²) in [5, 5.41) is 21.5. The van der Waals surface area contributed by atoms with Crippen LogP contribution >= 0.6 is 11.3 Å². The average Bonchev–Trinajstić information content (AvgIpc) is 4.13. The lowest BCUT2D eigenvalue weighted by Gasteiger charge is -2.35. The number of pyridine rings is 1. The second kappa shape index (κ2) is 23.3. The number of amides is 3. The number of nitrogens with two attached hydrogens (primary N) is 1. The summed E-state index contributed by atoms with van der Waals surface area (Å²) in [6, 6.07) is 22.5. The number of anilines is 2. The van der Waals surface area contributed by atoms with Crippen LogP contribution in [0.4, 0.5) is 24.7 Å². The van der Waals surface area contributed by atoms with Crippen molar-refractivity contribution in [2.45, 2.75) is 77.6 Å². The summed E-state index contributed by atoms with van der Waals surface area (Å²) < 4.78 is 86.3. The number of nitrogens with one attached hydrogen (secondary N) is 3. The number of rotatable bonds is 20. The summed E-state index contributed by atoms with van der Waals surface area (Å²) in [6.07, 6.45) is -0.0491. The van der Waals surface area contributed by atoms with Crippen molar-refractivity contribution in [3.63, 3.8) is 0 Å². The van der Waals surface area contributed by atoms with E-state index in [1.54, 1.807) is 86.7 Å². The summed E-state index contributed by atoms with van der Waals surface area (Å²) in [5.74, 6) is -5.15. The lowest BCUT2D eigenvalue weighted by atomic mass is 9.85. The number of likely N-dealkylation sites (tertiary alicyclic amines) is 1. The molecule has 0 bridgehead atoms. The van der Waals surface area contributed by atoms with Gasteiger partial charge in [0.05, 0.1) is 45.4 Å². The van der Waals surface area contributed by atoms with E-state index in [0.717, 1.165) is 21.7 Å². The summed E-state index contributed by atoms with van der Waals surface area (Å²) in [4.78, 5) is 52.0. The molecule has 8 rings (SSSR count). The second-order valence-corrected chi connectivity index (χ2v) is 22.1. The lowest BCUT2D eigenvalue weighted by Crippen LogP contribution is -2.58. The number of benzene rings is 4. The Morgan fingerprint density at radius 3 is 2.30 bits per heavy atom. The molecule has 406 valence electrons. The number of carbonyl (C=O) groups is 3. The van der Waals surface area contributed by atoms with Gasteiger partial charge in [0.1, 0.15) is 60.2 Å². The molecule has 1 aliphatic rings. The minimum atomic E-state index is -5.09. The molecule has 1 aliphatic heterocycles. The highest BCUT2D eigenvalue weighted by Crippen LogP contribution is 2.41. The molecular weight excluding hydrogens is 1040 g/mol. The molecule has 0 unspecified atom stereocenters. The number of nitrogens with zero attached hydrogens (tertiary/aromatic N) is 5. The maximum atomic E-state index is 14.1. The number of hydrogen-bond acceptors (Lipinski definition) is 14. The van der Waals surface area contributed by atoms with Gasteiger partial charge in [0.15, 0.2) is 0 Å². The predicted molar refractivity (Wildman–Crippen MR) is 286 cm³/mol. The van der Waals surface area contributed by atoms with Crippen LogP contribution in [0.25, 0.3) is 43.7 Å². The van der Waals surface area contributed by atoms with Crippen LogP contribution in [0, 0.1) is 18.2 Å². The molecule has 18 nitrogen and oxygen atoms in total. The largest absolute Gasteiger partial charge is 0.491 e. The van der Waals surface area contributed by atoms with Gasteiger partial charge in [-0.3, -0.25) is 23.8 Å². The Balaban J connectivity index is 0.870. The number of aryl methyl sites for hydroxylation is 2. The number of nitrogen functional groups attached to an aromatic ring is 1. The fraction of sp³-hybridized carbons (Fsp3) is 0.333. The number of ether oxygens (including phenoxy) is 3. The van der Waals surface area contributed by atoms with Crippen molar-refractivity contribution < 1.29 is 55.3 Å². The summed E-state index contributed by atoms with van der Waals surface area (Å²) in [7, 11) is -3.39. The Hall–Kier alpha value is -7.60. The summed E-state index contributed by atoms with van der Waals surface area (Å²) >= 11 is 1.55. The van der Waals surface area contributed by atoms with Gasteiger partial charge < -0.3 is 40.6 Å². The number of halogens is 3. The molecule has 7 aromatic rings. The zero-order chi connectivity index (χ0) is 55.3. The highest BCUT2D eigenvalue weighted by Gasteiger charge is 2.44. The number of hydrogen-bond donors (Lipinski definition) is 5. The summed E-state index contributed by atoms with van der Waals surface area (Å²) in [5.41, 5.74) is 13.3. The fourth-order valence-electron chi connectivity index (χ4n) is 8.89. The molecule has 77 heavy (non-hydrogen) atoms. The van der Waals surface area contributed by atoms with Crippen molar-refractivity contribution in [1.29, 1.82) is 0 Å². The van der Waals surface area contributed by atoms with E-state index in [9.17, 15) is 41.1 Å². The van der Waals surface area contributed by atoms with Crippen LogP contribution in [0.3, 0.4) is 0 Å². The molecule has 1 saturated heterocycles. The number of carbonyl (C=O) groups excluding carboxylic acids is 3. The van der Waals surface area contributed by atoms with Gasteiger partial charge in [0.25, 0.3) is 10.0 Å². The van der Waals surface area contributed by atoms with Crippen molar-refractivity contribution in [2.75, 3.05) is 36.8 Å². The standard InChI is InChI=1S/C54H58F3N9O9S2/c1-30-48(76-29-61-30)35-9-7-32(8-10-35)25-60-51(69)42-24-38(67)27-66(42)52(70)49(54(3,4)5)62-44(68)28-73-21-22-74-39-18-13-34(14-19-39)40-26-59-50(58)45-46(63-65(6)47(40)45)36-15-20-41(64-77(71,72)53(56)57)43(23-36)75-31(2)33-11-16-37(55)17-12-33/h7-20,23,26,29,31,38,42,49,53,64,67H,21-22,24-25,27-28H2,1-6H3,(H2,58,59)(H,60,69)(H,62,68)/t31-,38+,42-,49+/m0/s1. The van der Waals surface area contributed by atoms with Gasteiger partial charge in [0, 0.05) is 43.9 Å². The van der Waals surface area contributed by atoms with Crippen LogP contribution in [-0.4, -0.2) is 106 Å². The molecule has 0 saturated carbocycles. The predicted octanol–water partition coefficient (Wildman–Crippen LogP) is 7.76. The van der Waals surface area contributed by atoms with Crippen LogP contribution in [0.2, 0.25) is 0 Å². The van der Waals surface area contributed by atoms with E-state index in [1.807, 2.05) is 35.9 Å². The molecule has 0 aliphatic carbocycles. The van der Waals surface area contributed by atoms with E-state index in [0.29, 0.717) is 44.6 Å². The van der Waals surface area contributed by atoms with Crippen LogP contribution in [-0.2, 0) is 42.7 Å². The molecule has 23 heteroatoms. The number of aliphatic hydroxyl groups excluding tert-OH is 1. The number of aromatic nitrogens is 4. The highest BCUT2D eigenvalue weighted by atomic mass is 32.2. The average molecular weight is 1100 g/mol. The Morgan fingerprint density at radius 2 is 1.64 bits per heavy atom. The van der Waals surface area contributed by atoms with E-state index < -0.39 is 69.0 Å². The summed E-state index contributed by atoms with van der Waals surface area (Å²) in [6.45, 7) is 8.83. The molecule has 1 fully saturated rings. The highest BCUT2D eigenvalue weighted by molar-refractivity contribution is 7.93. The SMILES string of the molecule is Cc1ncsc1-c1ccc(CNC(=O)[C@@H]2C[C@@H](O)CN2C(=O)[C@@H](NC(=O)COCCOc2ccc(-c3cnc(N)c4c(-c5ccc(NS(=O)(=O)C(F)F)c(O[C@@H](C)c6ccc(F)cc6)c5)nn(C)c34)cc2)C(C)(C)C)cc1. The van der Waals surface area contributed by atoms with Gasteiger partial charge in [-0.15, -0.1) is 11.3 Å². The first-order valence-corrected chi connectivity index (χ1v) is 26.8. The lowest BCUT2D eigenvalue weighted by molar-refractivity contribution is -0.144. The number of fused-ring (bicyclic) bond motifs is 1. The van der Waals surface area contributed by atoms with Gasteiger partial charge in [-0.05, 0) is 77.9 Å². The van der Waals surface area contributed by atoms with Gasteiger partial charge in [-0.2, -0.15) is 13.9 Å². The molecule has 4 atom stereocenters. The van der Waals surface area contributed by atoms with E-state index in [1.165, 1.54) is 47.4 Å². The van der Waals surface area contributed by atoms with Crippen LogP contribution < -0.4 is 30.6 Å². The van der Waals surface area contributed by atoms with Crippen molar-refractivity contribution >= 4 is 61.5 Å². The molecule has 4 aromatic carbocycles. The Kier molecular flexibility index (Phi) is 16.9. The van der Waals surface area contributed by atoms with Gasteiger partial charge >= 0.3 is 5.76 Å². The molecule has 4 heterocycles. The second-order valence-electron chi connectivity index (χ2n) is 19.6. The van der Waals surface area contributed by atoms with Crippen molar-refractivity contribution in [1.82, 2.24) is 35.3 Å². The fourth-order valence-corrected chi connectivity index (χ4v) is 10.3. The van der Waals surface area contributed by atoms with Crippen LogP contribution in [0.1, 0.15) is 57.0 Å².